The van der Waals surface area contributed by atoms with E-state index in [9.17, 15) is 9.18 Å². The number of nitrogens with one attached hydrogen (secondary N) is 1. The fourth-order valence-corrected chi connectivity index (χ4v) is 3.94. The molecule has 4 rings (SSSR count). The van der Waals surface area contributed by atoms with Gasteiger partial charge in [0.05, 0.1) is 22.9 Å². The van der Waals surface area contributed by atoms with Crippen molar-refractivity contribution in [3.8, 4) is 0 Å². The Bertz CT molecular complexity index is 1430. The second kappa shape index (κ2) is 10.0. The van der Waals surface area contributed by atoms with Crippen molar-refractivity contribution in [1.29, 1.82) is 0 Å². The molecule has 2 aliphatic rings. The van der Waals surface area contributed by atoms with Crippen molar-refractivity contribution in [2.45, 2.75) is 33.2 Å². The molecule has 0 bridgehead atoms. The van der Waals surface area contributed by atoms with Gasteiger partial charge in [0.1, 0.15) is 11.6 Å². The molecular weight excluding hydrogens is 445 g/mol. The summed E-state index contributed by atoms with van der Waals surface area (Å²) in [6, 6.07) is 5.61. The number of carbonyl (C=O) groups excluding carboxylic acids is 1. The summed E-state index contributed by atoms with van der Waals surface area (Å²) in [6.07, 6.45) is 7.38. The third-order valence-electron chi connectivity index (χ3n) is 5.58. The van der Waals surface area contributed by atoms with Crippen LogP contribution in [0.2, 0.25) is 0 Å². The lowest BCUT2D eigenvalue weighted by molar-refractivity contribution is 0.0945. The minimum atomic E-state index is -0.447. The van der Waals surface area contributed by atoms with Gasteiger partial charge < -0.3 is 16.0 Å². The van der Waals surface area contributed by atoms with E-state index in [0.717, 1.165) is 28.4 Å². The number of nitrogen functional groups attached to an aromatic ring is 1. The molecule has 180 valence electrons. The predicted molar refractivity (Wildman–Crippen MR) is 137 cm³/mol. The van der Waals surface area contributed by atoms with E-state index in [1.807, 2.05) is 57.1 Å². The highest BCUT2D eigenvalue weighted by atomic mass is 19.1. The van der Waals surface area contributed by atoms with Gasteiger partial charge in [0.2, 0.25) is 0 Å². The van der Waals surface area contributed by atoms with Crippen molar-refractivity contribution < 1.29 is 9.18 Å². The van der Waals surface area contributed by atoms with Crippen molar-refractivity contribution in [1.82, 2.24) is 20.3 Å². The van der Waals surface area contributed by atoms with Gasteiger partial charge in [-0.05, 0) is 61.8 Å². The van der Waals surface area contributed by atoms with E-state index in [1.165, 1.54) is 12.2 Å². The number of hydrogen-bond acceptors (Lipinski definition) is 7. The Balaban J connectivity index is 1.77. The number of halogens is 1. The number of allylic oxidation sites excluding steroid dienone is 6. The van der Waals surface area contributed by atoms with Crippen LogP contribution in [-0.2, 0) is 6.54 Å². The molecule has 0 radical (unpaired) electrons. The SMILES string of the molecule is CC1=CC(=c2nc(C(=O)NCc3cccc(N(C)C)n3)c(N)nc2=C2C=CC(F)=CC2)CC(C)=N1. The first-order valence-corrected chi connectivity index (χ1v) is 11.3. The standard InChI is InChI=1S/C26H28FN7O/c1-15-12-18(13-16(2)30-15)23-22(17-8-10-19(27)11-9-17)33-25(28)24(32-23)26(35)29-14-20-6-5-7-21(31-20)34(3)4/h5-8,10-12H,9,13-14H2,1-4H3,(H2,28,33)(H,29,35). The maximum absolute atomic E-state index is 13.6. The molecule has 0 atom stereocenters. The molecule has 3 heterocycles. The second-order valence-corrected chi connectivity index (χ2v) is 8.71. The molecule has 3 N–H and O–H groups in total. The first-order valence-electron chi connectivity index (χ1n) is 11.3. The molecule has 8 nitrogen and oxygen atoms in total. The van der Waals surface area contributed by atoms with Crippen LogP contribution >= 0.6 is 0 Å². The van der Waals surface area contributed by atoms with Crippen molar-refractivity contribution in [3.05, 3.63) is 76.1 Å². The van der Waals surface area contributed by atoms with Gasteiger partial charge in [-0.3, -0.25) is 9.79 Å². The first kappa shape index (κ1) is 24.0. The predicted octanol–water partition coefficient (Wildman–Crippen LogP) is 2.33. The number of aromatic nitrogens is 3. The fourth-order valence-electron chi connectivity index (χ4n) is 3.94. The summed E-state index contributed by atoms with van der Waals surface area (Å²) in [4.78, 5) is 33.2. The largest absolute Gasteiger partial charge is 0.382 e. The fraction of sp³-hybridized carbons (Fsp3) is 0.269. The average molecular weight is 474 g/mol. The normalized spacial score (nSPS) is 18.5. The van der Waals surface area contributed by atoms with Crippen molar-refractivity contribution >= 4 is 34.4 Å². The molecule has 2 aromatic rings. The lowest BCUT2D eigenvalue weighted by Crippen LogP contribution is -2.40. The highest BCUT2D eigenvalue weighted by Crippen LogP contribution is 2.18. The van der Waals surface area contributed by atoms with Crippen LogP contribution in [0.25, 0.3) is 11.1 Å². The van der Waals surface area contributed by atoms with E-state index in [-0.39, 0.29) is 23.9 Å². The number of anilines is 2. The number of aliphatic imine (C=N–C) groups is 1. The Morgan fingerprint density at radius 2 is 1.89 bits per heavy atom. The zero-order chi connectivity index (χ0) is 25.1. The third-order valence-corrected chi connectivity index (χ3v) is 5.58. The summed E-state index contributed by atoms with van der Waals surface area (Å²) in [6.45, 7) is 4.06. The number of amides is 1. The Hall–Kier alpha value is -4.14. The maximum atomic E-state index is 13.6. The number of hydrogen-bond donors (Lipinski definition) is 2. The number of pyridine rings is 1. The lowest BCUT2D eigenvalue weighted by Gasteiger charge is -2.14. The van der Waals surface area contributed by atoms with Crippen LogP contribution in [0.15, 0.2) is 59.0 Å². The highest BCUT2D eigenvalue weighted by Gasteiger charge is 2.18. The van der Waals surface area contributed by atoms with Gasteiger partial charge in [-0.25, -0.2) is 19.3 Å². The van der Waals surface area contributed by atoms with Crippen molar-refractivity contribution in [2.75, 3.05) is 24.7 Å². The van der Waals surface area contributed by atoms with Crippen LogP contribution < -0.4 is 26.6 Å². The van der Waals surface area contributed by atoms with Gasteiger partial charge in [-0.15, -0.1) is 0 Å². The minimum Gasteiger partial charge on any atom is -0.382 e. The molecule has 0 saturated carbocycles. The smallest absolute Gasteiger partial charge is 0.274 e. The zero-order valence-corrected chi connectivity index (χ0v) is 20.3. The molecule has 0 unspecified atom stereocenters. The van der Waals surface area contributed by atoms with Gasteiger partial charge in [0.25, 0.3) is 5.91 Å². The average Bonchev–Trinajstić information content (AvgIpc) is 2.82. The van der Waals surface area contributed by atoms with Gasteiger partial charge in [-0.1, -0.05) is 12.1 Å². The van der Waals surface area contributed by atoms with Crippen molar-refractivity contribution in [3.63, 3.8) is 0 Å². The molecule has 0 fully saturated rings. The topological polar surface area (TPSA) is 109 Å². The molecule has 0 spiro atoms. The molecule has 0 aromatic carbocycles. The summed E-state index contributed by atoms with van der Waals surface area (Å²) in [5, 5.41) is 3.92. The van der Waals surface area contributed by atoms with E-state index in [4.69, 9.17) is 5.73 Å². The van der Waals surface area contributed by atoms with Crippen LogP contribution in [0.1, 0.15) is 42.9 Å². The van der Waals surface area contributed by atoms with E-state index in [2.05, 4.69) is 25.3 Å². The molecular formula is C26H28FN7O. The molecule has 9 heteroatoms. The second-order valence-electron chi connectivity index (χ2n) is 8.71. The van der Waals surface area contributed by atoms with Crippen LogP contribution in [0.3, 0.4) is 0 Å². The Morgan fingerprint density at radius 1 is 1.11 bits per heavy atom. The summed E-state index contributed by atoms with van der Waals surface area (Å²) < 4.78 is 13.6. The minimum absolute atomic E-state index is 0.00896. The Morgan fingerprint density at radius 3 is 2.57 bits per heavy atom. The molecule has 35 heavy (non-hydrogen) atoms. The van der Waals surface area contributed by atoms with Crippen molar-refractivity contribution in [2.24, 2.45) is 4.99 Å². The van der Waals surface area contributed by atoms with Gasteiger partial charge >= 0.3 is 0 Å². The summed E-state index contributed by atoms with van der Waals surface area (Å²) in [5.41, 5.74) is 10.4. The third kappa shape index (κ3) is 5.51. The summed E-state index contributed by atoms with van der Waals surface area (Å²) in [5.74, 6) is 0.0500. The highest BCUT2D eigenvalue weighted by molar-refractivity contribution is 5.97. The number of carbonyl (C=O) groups is 1. The summed E-state index contributed by atoms with van der Waals surface area (Å²) in [7, 11) is 3.80. The van der Waals surface area contributed by atoms with Crippen LogP contribution in [-0.4, -0.2) is 40.7 Å². The quantitative estimate of drug-likeness (QED) is 0.706. The molecule has 0 saturated heterocycles. The van der Waals surface area contributed by atoms with Gasteiger partial charge in [0.15, 0.2) is 11.5 Å². The van der Waals surface area contributed by atoms with E-state index >= 15 is 0 Å². The Kier molecular flexibility index (Phi) is 6.86. The maximum Gasteiger partial charge on any atom is 0.274 e. The Labute approximate surface area is 203 Å². The molecule has 1 aliphatic heterocycles. The molecule has 1 amide bonds. The lowest BCUT2D eigenvalue weighted by atomic mass is 10.0. The van der Waals surface area contributed by atoms with E-state index in [0.29, 0.717) is 29.2 Å². The van der Waals surface area contributed by atoms with E-state index < -0.39 is 5.91 Å². The molecule has 2 aromatic heterocycles. The van der Waals surface area contributed by atoms with Crippen LogP contribution in [0.5, 0.6) is 0 Å². The van der Waals surface area contributed by atoms with E-state index in [1.54, 1.807) is 6.08 Å². The van der Waals surface area contributed by atoms with Crippen LogP contribution in [0.4, 0.5) is 16.0 Å². The number of nitrogens with zero attached hydrogens (tertiary/aromatic N) is 5. The number of nitrogens with two attached hydrogens (primary N) is 1. The van der Waals surface area contributed by atoms with Gasteiger partial charge in [0, 0.05) is 31.9 Å². The van der Waals surface area contributed by atoms with Crippen LogP contribution in [0, 0.1) is 0 Å². The zero-order valence-electron chi connectivity index (χ0n) is 20.3. The number of rotatable bonds is 4. The van der Waals surface area contributed by atoms with Gasteiger partial charge in [-0.2, -0.15) is 0 Å². The monoisotopic (exact) mass is 473 g/mol. The summed E-state index contributed by atoms with van der Waals surface area (Å²) >= 11 is 0. The first-order chi connectivity index (χ1) is 16.7. The molecule has 1 aliphatic carbocycles.